The van der Waals surface area contributed by atoms with Crippen molar-refractivity contribution in [2.24, 2.45) is 5.92 Å². The zero-order chi connectivity index (χ0) is 28.1. The van der Waals surface area contributed by atoms with Crippen molar-refractivity contribution in [2.75, 3.05) is 17.4 Å². The van der Waals surface area contributed by atoms with Crippen LogP contribution in [-0.4, -0.2) is 39.7 Å². The molecule has 2 aliphatic rings. The summed E-state index contributed by atoms with van der Waals surface area (Å²) in [5.41, 5.74) is -1.38. The minimum absolute atomic E-state index is 0.0219. The van der Waals surface area contributed by atoms with E-state index in [9.17, 15) is 39.6 Å². The number of hydrogen-bond donors (Lipinski definition) is 1. The molecule has 0 spiro atoms. The van der Waals surface area contributed by atoms with Crippen LogP contribution in [-0.2, 0) is 21.0 Å². The number of nitrogens with zero attached hydrogens (tertiary/aromatic N) is 1. The van der Waals surface area contributed by atoms with Crippen molar-refractivity contribution in [1.82, 2.24) is 5.32 Å². The number of benzene rings is 3. The molecule has 1 fully saturated rings. The van der Waals surface area contributed by atoms with Gasteiger partial charge in [0, 0.05) is 5.56 Å². The van der Waals surface area contributed by atoms with E-state index in [0.29, 0.717) is 6.07 Å². The van der Waals surface area contributed by atoms with Crippen molar-refractivity contribution >= 4 is 21.6 Å². The van der Waals surface area contributed by atoms with Gasteiger partial charge in [0.05, 0.1) is 35.2 Å². The Morgan fingerprint density at radius 2 is 1.79 bits per heavy atom. The number of ether oxygens (including phenoxy) is 1. The van der Waals surface area contributed by atoms with E-state index in [1.807, 2.05) is 0 Å². The molecule has 3 atom stereocenters. The molecule has 1 N–H and O–H groups in total. The van der Waals surface area contributed by atoms with E-state index in [1.165, 1.54) is 18.2 Å². The van der Waals surface area contributed by atoms with Crippen molar-refractivity contribution in [3.8, 4) is 16.9 Å². The van der Waals surface area contributed by atoms with Crippen molar-refractivity contribution in [1.29, 1.82) is 0 Å². The van der Waals surface area contributed by atoms with E-state index < -0.39 is 68.9 Å². The summed E-state index contributed by atoms with van der Waals surface area (Å²) < 4.78 is 115. The van der Waals surface area contributed by atoms with Gasteiger partial charge < -0.3 is 10.1 Å². The van der Waals surface area contributed by atoms with Crippen LogP contribution in [0.4, 0.5) is 32.0 Å². The number of nitrogens with one attached hydrogen (secondary N) is 1. The predicted octanol–water partition coefficient (Wildman–Crippen LogP) is 5.08. The van der Waals surface area contributed by atoms with Gasteiger partial charge in [-0.2, -0.15) is 13.2 Å². The van der Waals surface area contributed by atoms with Crippen LogP contribution in [0.5, 0.6) is 5.75 Å². The first-order chi connectivity index (χ1) is 18.3. The fourth-order valence-electron chi connectivity index (χ4n) is 4.27. The molecule has 0 saturated heterocycles. The maximum atomic E-state index is 14.5. The average molecular weight is 571 g/mol. The molecular weight excluding hydrogens is 550 g/mol. The first-order valence-corrected chi connectivity index (χ1v) is 13.2. The highest BCUT2D eigenvalue weighted by Gasteiger charge is 2.44. The van der Waals surface area contributed by atoms with Gasteiger partial charge in [0.25, 0.3) is 10.0 Å². The Morgan fingerprint density at radius 1 is 1.05 bits per heavy atom. The zero-order valence-electron chi connectivity index (χ0n) is 19.9. The van der Waals surface area contributed by atoms with Crippen molar-refractivity contribution in [3.05, 3.63) is 77.9 Å². The zero-order valence-corrected chi connectivity index (χ0v) is 20.7. The molecule has 1 saturated carbocycles. The van der Waals surface area contributed by atoms with Crippen LogP contribution in [0.2, 0.25) is 0 Å². The molecule has 0 aromatic heterocycles. The van der Waals surface area contributed by atoms with Crippen LogP contribution in [0.15, 0.2) is 65.6 Å². The SMILES string of the molecule is O=C(NC[C@H]1CN(S(=O)(=O)c2cccc(C(F)(F)F)c2)c2cc(-c3cc(F)ccc3F)ccc2O1)[C@@H]1C[C@@H]1F. The van der Waals surface area contributed by atoms with Gasteiger partial charge in [0.1, 0.15) is 29.7 Å². The largest absolute Gasteiger partial charge is 0.484 e. The molecule has 1 amide bonds. The molecule has 1 heterocycles. The van der Waals surface area contributed by atoms with Gasteiger partial charge >= 0.3 is 6.18 Å². The van der Waals surface area contributed by atoms with Crippen molar-refractivity contribution in [2.45, 2.75) is 29.8 Å². The fourth-order valence-corrected chi connectivity index (χ4v) is 5.82. The predicted molar refractivity (Wildman–Crippen MR) is 128 cm³/mol. The molecule has 206 valence electrons. The van der Waals surface area contributed by atoms with Gasteiger partial charge in [-0.25, -0.2) is 21.6 Å². The van der Waals surface area contributed by atoms with Crippen LogP contribution in [0.3, 0.4) is 0 Å². The maximum Gasteiger partial charge on any atom is 0.416 e. The summed E-state index contributed by atoms with van der Waals surface area (Å²) in [5.74, 6) is -2.91. The molecule has 6 nitrogen and oxygen atoms in total. The Hall–Kier alpha value is -3.74. The standard InChI is InChI=1S/C26H20F6N2O4S/c27-16-5-6-21(28)19(10-16)14-4-7-24-23(8-14)34(13-17(38-24)12-33-25(35)20-11-22(20)29)39(36,37)18-3-1-2-15(9-18)26(30,31)32/h1-10,17,20,22H,11-13H2,(H,33,35)/t17-,20+,22-/m0/s1. The minimum Gasteiger partial charge on any atom is -0.484 e. The number of anilines is 1. The van der Waals surface area contributed by atoms with Gasteiger partial charge in [-0.3, -0.25) is 9.10 Å². The third-order valence-electron chi connectivity index (χ3n) is 6.43. The number of carbonyl (C=O) groups is 1. The average Bonchev–Trinajstić information content (AvgIpc) is 3.64. The molecule has 39 heavy (non-hydrogen) atoms. The number of hydrogen-bond acceptors (Lipinski definition) is 4. The Morgan fingerprint density at radius 3 is 2.49 bits per heavy atom. The third-order valence-corrected chi connectivity index (χ3v) is 8.21. The Labute approximate surface area is 219 Å². The van der Waals surface area contributed by atoms with Gasteiger partial charge in [-0.15, -0.1) is 0 Å². The lowest BCUT2D eigenvalue weighted by atomic mass is 10.0. The summed E-state index contributed by atoms with van der Waals surface area (Å²) in [6.07, 6.45) is -6.97. The van der Waals surface area contributed by atoms with Crippen LogP contribution in [0, 0.1) is 17.6 Å². The summed E-state index contributed by atoms with van der Waals surface area (Å²) in [4.78, 5) is 11.4. The lowest BCUT2D eigenvalue weighted by molar-refractivity contribution is -0.137. The molecule has 0 bridgehead atoms. The lowest BCUT2D eigenvalue weighted by Gasteiger charge is -2.36. The molecular formula is C26H20F6N2O4S. The number of halogens is 6. The number of sulfonamides is 1. The van der Waals surface area contributed by atoms with Gasteiger partial charge in [-0.05, 0) is 60.5 Å². The van der Waals surface area contributed by atoms with Crippen LogP contribution >= 0.6 is 0 Å². The fraction of sp³-hybridized carbons (Fsp3) is 0.269. The highest BCUT2D eigenvalue weighted by atomic mass is 32.2. The van der Waals surface area contributed by atoms with Gasteiger partial charge in [-0.1, -0.05) is 12.1 Å². The van der Waals surface area contributed by atoms with E-state index in [1.54, 1.807) is 0 Å². The first kappa shape index (κ1) is 26.9. The van der Waals surface area contributed by atoms with E-state index in [0.717, 1.165) is 40.7 Å². The highest BCUT2D eigenvalue weighted by Crippen LogP contribution is 2.41. The highest BCUT2D eigenvalue weighted by molar-refractivity contribution is 7.92. The molecule has 3 aromatic carbocycles. The topological polar surface area (TPSA) is 75.7 Å². The normalized spacial score (nSPS) is 20.7. The third kappa shape index (κ3) is 5.40. The monoisotopic (exact) mass is 570 g/mol. The molecule has 5 rings (SSSR count). The molecule has 1 aliphatic heterocycles. The van der Waals surface area contributed by atoms with Gasteiger partial charge in [0.2, 0.25) is 5.91 Å². The number of fused-ring (bicyclic) bond motifs is 1. The molecule has 13 heteroatoms. The van der Waals surface area contributed by atoms with Crippen molar-refractivity contribution < 1.29 is 44.3 Å². The first-order valence-electron chi connectivity index (χ1n) is 11.7. The second kappa shape index (κ2) is 9.78. The molecule has 0 radical (unpaired) electrons. The minimum atomic E-state index is -4.81. The van der Waals surface area contributed by atoms with Crippen LogP contribution < -0.4 is 14.4 Å². The van der Waals surface area contributed by atoms with Crippen LogP contribution in [0.25, 0.3) is 11.1 Å². The van der Waals surface area contributed by atoms with Crippen molar-refractivity contribution in [3.63, 3.8) is 0 Å². The molecule has 0 unspecified atom stereocenters. The number of carbonyl (C=O) groups excluding carboxylic acids is 1. The summed E-state index contributed by atoms with van der Waals surface area (Å²) in [6, 6.07) is 9.82. The van der Waals surface area contributed by atoms with E-state index >= 15 is 0 Å². The Balaban J connectivity index is 1.55. The van der Waals surface area contributed by atoms with E-state index in [2.05, 4.69) is 5.32 Å². The summed E-state index contributed by atoms with van der Waals surface area (Å²) in [6.45, 7) is -0.652. The number of rotatable bonds is 6. The molecule has 1 aliphatic carbocycles. The Kier molecular flexibility index (Phi) is 6.73. The summed E-state index contributed by atoms with van der Waals surface area (Å²) >= 11 is 0. The number of amides is 1. The number of alkyl halides is 4. The Bertz CT molecular complexity index is 1550. The second-order valence-corrected chi connectivity index (χ2v) is 11.1. The second-order valence-electron chi connectivity index (χ2n) is 9.21. The van der Waals surface area contributed by atoms with Crippen LogP contribution in [0.1, 0.15) is 12.0 Å². The smallest absolute Gasteiger partial charge is 0.416 e. The quantitative estimate of drug-likeness (QED) is 0.420. The van der Waals surface area contributed by atoms with Gasteiger partial charge in [0.15, 0.2) is 0 Å². The maximum absolute atomic E-state index is 14.5. The molecule has 3 aromatic rings. The van der Waals surface area contributed by atoms with E-state index in [-0.39, 0.29) is 35.5 Å². The summed E-state index contributed by atoms with van der Waals surface area (Å²) in [7, 11) is -4.65. The lowest BCUT2D eigenvalue weighted by Crippen LogP contribution is -2.48. The summed E-state index contributed by atoms with van der Waals surface area (Å²) in [5, 5.41) is 2.50. The van der Waals surface area contributed by atoms with E-state index in [4.69, 9.17) is 4.74 Å².